The van der Waals surface area contributed by atoms with E-state index in [1.807, 2.05) is 0 Å². The Bertz CT molecular complexity index is 1020. The number of halogens is 4. The summed E-state index contributed by atoms with van der Waals surface area (Å²) in [6, 6.07) is 7.00. The van der Waals surface area contributed by atoms with Gasteiger partial charge in [0.1, 0.15) is 24.1 Å². The maximum atomic E-state index is 13.1. The fourth-order valence-electron chi connectivity index (χ4n) is 2.94. The molecule has 0 radical (unpaired) electrons. The number of ether oxygens (including phenoxy) is 1. The van der Waals surface area contributed by atoms with E-state index in [4.69, 9.17) is 0 Å². The molecule has 0 aliphatic carbocycles. The van der Waals surface area contributed by atoms with Crippen LogP contribution in [0.4, 0.5) is 17.6 Å². The minimum absolute atomic E-state index is 0.00690. The van der Waals surface area contributed by atoms with Crippen LogP contribution in [0.15, 0.2) is 41.8 Å². The molecule has 3 aromatic rings. The molecule has 0 spiro atoms. The van der Waals surface area contributed by atoms with Crippen molar-refractivity contribution in [2.75, 3.05) is 7.11 Å². The average molecular weight is 428 g/mol. The Kier molecular flexibility index (Phi) is 5.92. The van der Waals surface area contributed by atoms with Crippen LogP contribution in [0, 0.1) is 5.82 Å². The lowest BCUT2D eigenvalue weighted by Gasteiger charge is -2.18. The third-order valence-corrected chi connectivity index (χ3v) is 5.09. The molecule has 1 atom stereocenters. The molecule has 2 heterocycles. The van der Waals surface area contributed by atoms with Crippen LogP contribution in [-0.2, 0) is 22.5 Å². The first-order valence-electron chi connectivity index (χ1n) is 8.44. The third kappa shape index (κ3) is 4.94. The molecule has 0 saturated carbocycles. The predicted octanol–water partition coefficient (Wildman–Crippen LogP) is 3.92. The van der Waals surface area contributed by atoms with Crippen LogP contribution < -0.4 is 5.32 Å². The van der Waals surface area contributed by atoms with E-state index in [2.05, 4.69) is 10.1 Å². The summed E-state index contributed by atoms with van der Waals surface area (Å²) in [7, 11) is 1.13. The summed E-state index contributed by atoms with van der Waals surface area (Å²) in [6.07, 6.45) is -4.54. The van der Waals surface area contributed by atoms with Crippen molar-refractivity contribution in [2.24, 2.45) is 0 Å². The van der Waals surface area contributed by atoms with E-state index in [9.17, 15) is 27.2 Å². The number of thiophene rings is 1. The van der Waals surface area contributed by atoms with Gasteiger partial charge >= 0.3 is 12.1 Å². The minimum Gasteiger partial charge on any atom is -0.467 e. The summed E-state index contributed by atoms with van der Waals surface area (Å²) in [5.41, 5.74) is 0.622. The van der Waals surface area contributed by atoms with Crippen molar-refractivity contribution < 1.29 is 31.9 Å². The first-order valence-corrected chi connectivity index (χ1v) is 9.32. The lowest BCUT2D eigenvalue weighted by molar-refractivity contribution is -0.143. The van der Waals surface area contributed by atoms with Crippen molar-refractivity contribution in [2.45, 2.75) is 25.2 Å². The van der Waals surface area contributed by atoms with E-state index in [1.54, 1.807) is 5.38 Å². The van der Waals surface area contributed by atoms with E-state index >= 15 is 0 Å². The van der Waals surface area contributed by atoms with Crippen molar-refractivity contribution in [1.82, 2.24) is 9.88 Å². The van der Waals surface area contributed by atoms with E-state index in [1.165, 1.54) is 47.7 Å². The van der Waals surface area contributed by atoms with Gasteiger partial charge in [0.25, 0.3) is 5.91 Å². The first-order chi connectivity index (χ1) is 13.7. The minimum atomic E-state index is -4.53. The maximum Gasteiger partial charge on any atom is 0.406 e. The second kappa shape index (κ2) is 8.24. The second-order valence-corrected chi connectivity index (χ2v) is 7.23. The Morgan fingerprint density at radius 3 is 2.52 bits per heavy atom. The SMILES string of the molecule is COC(=O)C(Cc1ccc(F)cc1)NC(=O)c1cc2sccc2n1CC(F)(F)F. The lowest BCUT2D eigenvalue weighted by atomic mass is 10.1. The number of methoxy groups -OCH3 is 1. The van der Waals surface area contributed by atoms with E-state index in [0.29, 0.717) is 10.3 Å². The van der Waals surface area contributed by atoms with Crippen molar-refractivity contribution in [3.05, 3.63) is 58.9 Å². The van der Waals surface area contributed by atoms with Gasteiger partial charge in [-0.2, -0.15) is 13.2 Å². The molecular weight excluding hydrogens is 412 g/mol. The predicted molar refractivity (Wildman–Crippen MR) is 99.2 cm³/mol. The highest BCUT2D eigenvalue weighted by atomic mass is 32.1. The summed E-state index contributed by atoms with van der Waals surface area (Å²) in [4.78, 5) is 24.8. The molecule has 0 saturated heterocycles. The molecule has 10 heteroatoms. The van der Waals surface area contributed by atoms with E-state index in [-0.39, 0.29) is 17.6 Å². The number of fused-ring (bicyclic) bond motifs is 1. The van der Waals surface area contributed by atoms with Crippen LogP contribution in [0.1, 0.15) is 16.1 Å². The fraction of sp³-hybridized carbons (Fsp3) is 0.263. The van der Waals surface area contributed by atoms with Crippen LogP contribution in [0.3, 0.4) is 0 Å². The molecule has 0 aliphatic heterocycles. The molecule has 3 rings (SSSR count). The summed E-state index contributed by atoms with van der Waals surface area (Å²) < 4.78 is 58.2. The van der Waals surface area contributed by atoms with Gasteiger partial charge < -0.3 is 14.6 Å². The van der Waals surface area contributed by atoms with Crippen molar-refractivity contribution in [3.8, 4) is 0 Å². The van der Waals surface area contributed by atoms with Crippen LogP contribution >= 0.6 is 11.3 Å². The zero-order chi connectivity index (χ0) is 21.2. The Labute approximate surface area is 166 Å². The van der Waals surface area contributed by atoms with Crippen LogP contribution in [-0.4, -0.2) is 35.8 Å². The van der Waals surface area contributed by atoms with Gasteiger partial charge in [0, 0.05) is 6.42 Å². The van der Waals surface area contributed by atoms with Gasteiger partial charge in [-0.15, -0.1) is 11.3 Å². The monoisotopic (exact) mass is 428 g/mol. The molecule has 2 aromatic heterocycles. The molecule has 0 bridgehead atoms. The highest BCUT2D eigenvalue weighted by Crippen LogP contribution is 2.29. The molecule has 154 valence electrons. The molecule has 0 aliphatic rings. The number of alkyl halides is 3. The summed E-state index contributed by atoms with van der Waals surface area (Å²) >= 11 is 1.20. The number of hydrogen-bond donors (Lipinski definition) is 1. The number of rotatable bonds is 6. The third-order valence-electron chi connectivity index (χ3n) is 4.24. The zero-order valence-corrected chi connectivity index (χ0v) is 15.9. The summed E-state index contributed by atoms with van der Waals surface area (Å²) in [5, 5.41) is 4.06. The molecule has 1 amide bonds. The van der Waals surface area contributed by atoms with E-state index < -0.39 is 36.5 Å². The molecular formula is C19H16F4N2O3S. The molecule has 0 fully saturated rings. The Morgan fingerprint density at radius 1 is 1.21 bits per heavy atom. The summed E-state index contributed by atoms with van der Waals surface area (Å²) in [5.74, 6) is -2.06. The van der Waals surface area contributed by atoms with Gasteiger partial charge in [-0.05, 0) is 35.2 Å². The Hall–Kier alpha value is -2.88. The van der Waals surface area contributed by atoms with Crippen LogP contribution in [0.5, 0.6) is 0 Å². The van der Waals surface area contributed by atoms with Gasteiger partial charge in [0.15, 0.2) is 0 Å². The van der Waals surface area contributed by atoms with Gasteiger partial charge in [-0.3, -0.25) is 4.79 Å². The lowest BCUT2D eigenvalue weighted by Crippen LogP contribution is -2.43. The Morgan fingerprint density at radius 2 is 1.90 bits per heavy atom. The standard InChI is InChI=1S/C19H16F4N2O3S/c1-28-18(27)13(8-11-2-4-12(20)5-3-11)24-17(26)15-9-16-14(6-7-29-16)25(15)10-19(21,22)23/h2-7,9,13H,8,10H2,1H3,(H,24,26). The first kappa shape index (κ1) is 20.8. The number of nitrogens with one attached hydrogen (secondary N) is 1. The largest absolute Gasteiger partial charge is 0.467 e. The van der Waals surface area contributed by atoms with Crippen molar-refractivity contribution in [3.63, 3.8) is 0 Å². The number of aromatic nitrogens is 1. The van der Waals surface area contributed by atoms with Gasteiger partial charge in [0.2, 0.25) is 0 Å². The van der Waals surface area contributed by atoms with Gasteiger partial charge in [-0.1, -0.05) is 12.1 Å². The number of carbonyl (C=O) groups is 2. The quantitative estimate of drug-likeness (QED) is 0.478. The molecule has 1 unspecified atom stereocenters. The second-order valence-electron chi connectivity index (χ2n) is 6.28. The van der Waals surface area contributed by atoms with Crippen LogP contribution in [0.25, 0.3) is 10.2 Å². The number of benzene rings is 1. The smallest absolute Gasteiger partial charge is 0.406 e. The Balaban J connectivity index is 1.87. The van der Waals surface area contributed by atoms with Crippen molar-refractivity contribution >= 4 is 33.4 Å². The number of esters is 1. The average Bonchev–Trinajstić information content (AvgIpc) is 3.24. The molecule has 5 nitrogen and oxygen atoms in total. The maximum absolute atomic E-state index is 13.1. The molecule has 1 N–H and O–H groups in total. The highest BCUT2D eigenvalue weighted by molar-refractivity contribution is 7.17. The van der Waals surface area contributed by atoms with Crippen molar-refractivity contribution in [1.29, 1.82) is 0 Å². The molecule has 1 aromatic carbocycles. The highest BCUT2D eigenvalue weighted by Gasteiger charge is 2.32. The zero-order valence-electron chi connectivity index (χ0n) is 15.1. The number of nitrogens with zero attached hydrogens (tertiary/aromatic N) is 1. The molecule has 29 heavy (non-hydrogen) atoms. The summed E-state index contributed by atoms with van der Waals surface area (Å²) in [6.45, 7) is -1.34. The topological polar surface area (TPSA) is 60.3 Å². The number of amides is 1. The number of hydrogen-bond acceptors (Lipinski definition) is 4. The van der Waals surface area contributed by atoms with E-state index in [0.717, 1.165) is 11.7 Å². The van der Waals surface area contributed by atoms with Gasteiger partial charge in [-0.25, -0.2) is 9.18 Å². The number of carbonyl (C=O) groups excluding carboxylic acids is 2. The van der Waals surface area contributed by atoms with Crippen LogP contribution in [0.2, 0.25) is 0 Å². The normalized spacial score (nSPS) is 12.7. The van der Waals surface area contributed by atoms with Gasteiger partial charge in [0.05, 0.1) is 17.3 Å². The fourth-order valence-corrected chi connectivity index (χ4v) is 3.76.